The van der Waals surface area contributed by atoms with Gasteiger partial charge in [-0.15, -0.1) is 0 Å². The fraction of sp³-hybridized carbons (Fsp3) is 0.611. The number of nitrogens with one attached hydrogen (secondary N) is 1. The lowest BCUT2D eigenvalue weighted by atomic mass is 9.89. The highest BCUT2D eigenvalue weighted by Gasteiger charge is 2.34. The molecular formula is C18H25N3O2S. The van der Waals surface area contributed by atoms with Crippen molar-refractivity contribution in [3.05, 3.63) is 18.3 Å². The Morgan fingerprint density at radius 3 is 2.92 bits per heavy atom. The molecule has 0 radical (unpaired) electrons. The van der Waals surface area contributed by atoms with Crippen LogP contribution in [-0.4, -0.2) is 35.1 Å². The van der Waals surface area contributed by atoms with Crippen molar-refractivity contribution >= 4 is 29.3 Å². The number of fused-ring (bicyclic) bond motifs is 1. The summed E-state index contributed by atoms with van der Waals surface area (Å²) in [5, 5.41) is 3.49. The Hall–Kier alpha value is -1.56. The van der Waals surface area contributed by atoms with E-state index in [2.05, 4.69) is 10.3 Å². The van der Waals surface area contributed by atoms with Crippen LogP contribution in [0, 0.1) is 5.92 Å². The molecule has 1 fully saturated rings. The van der Waals surface area contributed by atoms with Crippen molar-refractivity contribution in [2.24, 2.45) is 5.92 Å². The molecule has 6 heteroatoms. The SMILES string of the molecule is CCN1C(=O)[C@H](CC(=O)NCC2CCCCC2)Sc2ncccc21. The zero-order valence-electron chi connectivity index (χ0n) is 14.2. The highest BCUT2D eigenvalue weighted by Crippen LogP contribution is 2.38. The summed E-state index contributed by atoms with van der Waals surface area (Å²) < 4.78 is 0. The van der Waals surface area contributed by atoms with Crippen LogP contribution in [0.15, 0.2) is 23.4 Å². The van der Waals surface area contributed by atoms with E-state index in [0.29, 0.717) is 12.5 Å². The second-order valence-electron chi connectivity index (χ2n) is 6.53. The first kappa shape index (κ1) is 17.3. The van der Waals surface area contributed by atoms with Gasteiger partial charge in [-0.3, -0.25) is 9.59 Å². The van der Waals surface area contributed by atoms with Gasteiger partial charge in [0.15, 0.2) is 0 Å². The van der Waals surface area contributed by atoms with Gasteiger partial charge in [-0.05, 0) is 37.8 Å². The minimum Gasteiger partial charge on any atom is -0.356 e. The number of carbonyl (C=O) groups is 2. The predicted molar refractivity (Wildman–Crippen MR) is 96.1 cm³/mol. The minimum absolute atomic E-state index is 0.0100. The molecule has 2 aliphatic rings. The molecular weight excluding hydrogens is 322 g/mol. The molecule has 1 atom stereocenters. The third-order valence-corrected chi connectivity index (χ3v) is 6.03. The zero-order chi connectivity index (χ0) is 16.9. The summed E-state index contributed by atoms with van der Waals surface area (Å²) in [4.78, 5) is 31.0. The average Bonchev–Trinajstić information content (AvgIpc) is 2.62. The lowest BCUT2D eigenvalue weighted by molar-refractivity contribution is -0.125. The maximum absolute atomic E-state index is 12.7. The van der Waals surface area contributed by atoms with Crippen LogP contribution in [0.4, 0.5) is 5.69 Å². The number of hydrogen-bond donors (Lipinski definition) is 1. The van der Waals surface area contributed by atoms with Gasteiger partial charge in [-0.25, -0.2) is 4.98 Å². The summed E-state index contributed by atoms with van der Waals surface area (Å²) in [7, 11) is 0. The van der Waals surface area contributed by atoms with Crippen LogP contribution in [0.2, 0.25) is 0 Å². The fourth-order valence-corrected chi connectivity index (χ4v) is 4.65. The Morgan fingerprint density at radius 1 is 1.38 bits per heavy atom. The normalized spacial score (nSPS) is 21.5. The second-order valence-corrected chi connectivity index (χ2v) is 7.72. The van der Waals surface area contributed by atoms with Gasteiger partial charge in [0.1, 0.15) is 5.03 Å². The van der Waals surface area contributed by atoms with Crippen LogP contribution in [-0.2, 0) is 9.59 Å². The van der Waals surface area contributed by atoms with Gasteiger partial charge in [0, 0.05) is 25.7 Å². The molecule has 0 saturated heterocycles. The van der Waals surface area contributed by atoms with E-state index in [1.807, 2.05) is 19.1 Å². The van der Waals surface area contributed by atoms with Crippen molar-refractivity contribution < 1.29 is 9.59 Å². The van der Waals surface area contributed by atoms with Crippen molar-refractivity contribution in [2.45, 2.75) is 55.7 Å². The smallest absolute Gasteiger partial charge is 0.241 e. The number of rotatable bonds is 5. The van der Waals surface area contributed by atoms with Gasteiger partial charge in [0.05, 0.1) is 10.9 Å². The standard InChI is InChI=1S/C18H25N3O2S/c1-2-21-14-9-6-10-19-17(14)24-15(18(21)23)11-16(22)20-12-13-7-4-3-5-8-13/h6,9-10,13,15H,2-5,7-8,11-12H2,1H3,(H,20,22)/t15-/m0/s1. The molecule has 5 nitrogen and oxygen atoms in total. The van der Waals surface area contributed by atoms with Crippen molar-refractivity contribution in [2.75, 3.05) is 18.0 Å². The van der Waals surface area contributed by atoms with Crippen molar-refractivity contribution in [3.63, 3.8) is 0 Å². The summed E-state index contributed by atoms with van der Waals surface area (Å²) in [6.07, 6.45) is 8.22. The third-order valence-electron chi connectivity index (χ3n) is 4.84. The molecule has 0 spiro atoms. The van der Waals surface area contributed by atoms with Gasteiger partial charge in [0.25, 0.3) is 0 Å². The first-order valence-corrected chi connectivity index (χ1v) is 9.76. The highest BCUT2D eigenvalue weighted by molar-refractivity contribution is 8.00. The van der Waals surface area contributed by atoms with Crippen LogP contribution in [0.25, 0.3) is 0 Å². The Bertz CT molecular complexity index is 602. The van der Waals surface area contributed by atoms with E-state index in [9.17, 15) is 9.59 Å². The minimum atomic E-state index is -0.376. The van der Waals surface area contributed by atoms with Crippen molar-refractivity contribution in [1.29, 1.82) is 0 Å². The number of pyridine rings is 1. The highest BCUT2D eigenvalue weighted by atomic mass is 32.2. The van der Waals surface area contributed by atoms with Crippen LogP contribution < -0.4 is 10.2 Å². The molecule has 24 heavy (non-hydrogen) atoms. The van der Waals surface area contributed by atoms with Crippen LogP contribution in [0.1, 0.15) is 45.4 Å². The quantitative estimate of drug-likeness (QED) is 0.889. The van der Waals surface area contributed by atoms with Gasteiger partial charge < -0.3 is 10.2 Å². The van der Waals surface area contributed by atoms with Gasteiger partial charge >= 0.3 is 0 Å². The Balaban J connectivity index is 1.58. The van der Waals surface area contributed by atoms with E-state index in [4.69, 9.17) is 0 Å². The van der Waals surface area contributed by atoms with Gasteiger partial charge in [-0.1, -0.05) is 31.0 Å². The maximum Gasteiger partial charge on any atom is 0.241 e. The van der Waals surface area contributed by atoms with Crippen LogP contribution >= 0.6 is 11.8 Å². The Kier molecular flexibility index (Phi) is 5.76. The largest absolute Gasteiger partial charge is 0.356 e. The number of amides is 2. The molecule has 0 bridgehead atoms. The molecule has 1 aromatic rings. The topological polar surface area (TPSA) is 62.3 Å². The van der Waals surface area contributed by atoms with E-state index >= 15 is 0 Å². The molecule has 0 aromatic carbocycles. The molecule has 1 saturated carbocycles. The number of carbonyl (C=O) groups excluding carboxylic acids is 2. The molecule has 1 aliphatic heterocycles. The number of thioether (sulfide) groups is 1. The predicted octanol–water partition coefficient (Wildman–Crippen LogP) is 3.00. The van der Waals surface area contributed by atoms with Crippen molar-refractivity contribution in [3.8, 4) is 0 Å². The summed E-state index contributed by atoms with van der Waals surface area (Å²) in [5.41, 5.74) is 0.855. The first-order chi connectivity index (χ1) is 11.7. The van der Waals surface area contributed by atoms with Crippen LogP contribution in [0.5, 0.6) is 0 Å². The lowest BCUT2D eigenvalue weighted by Gasteiger charge is -2.32. The average molecular weight is 347 g/mol. The molecule has 1 N–H and O–H groups in total. The Morgan fingerprint density at radius 2 is 2.17 bits per heavy atom. The summed E-state index contributed by atoms with van der Waals surface area (Å²) in [6.45, 7) is 3.29. The van der Waals surface area contributed by atoms with E-state index < -0.39 is 0 Å². The molecule has 1 aromatic heterocycles. The van der Waals surface area contributed by atoms with E-state index in [0.717, 1.165) is 17.3 Å². The van der Waals surface area contributed by atoms with Gasteiger partial charge in [0.2, 0.25) is 11.8 Å². The van der Waals surface area contributed by atoms with E-state index in [-0.39, 0.29) is 23.5 Å². The monoisotopic (exact) mass is 347 g/mol. The summed E-state index contributed by atoms with van der Waals surface area (Å²) in [6, 6.07) is 3.75. The molecule has 2 amide bonds. The molecule has 130 valence electrons. The summed E-state index contributed by atoms with van der Waals surface area (Å²) in [5.74, 6) is 0.588. The maximum atomic E-state index is 12.7. The third kappa shape index (κ3) is 3.91. The zero-order valence-corrected chi connectivity index (χ0v) is 15.0. The molecule has 2 heterocycles. The molecule has 3 rings (SSSR count). The van der Waals surface area contributed by atoms with E-state index in [1.165, 1.54) is 43.9 Å². The Labute approximate surface area is 147 Å². The van der Waals surface area contributed by atoms with Crippen molar-refractivity contribution in [1.82, 2.24) is 10.3 Å². The molecule has 0 unspecified atom stereocenters. The second kappa shape index (κ2) is 8.01. The van der Waals surface area contributed by atoms with E-state index in [1.54, 1.807) is 11.1 Å². The first-order valence-electron chi connectivity index (χ1n) is 8.88. The summed E-state index contributed by atoms with van der Waals surface area (Å²) >= 11 is 1.41. The number of hydrogen-bond acceptors (Lipinski definition) is 4. The number of nitrogens with zero attached hydrogens (tertiary/aromatic N) is 2. The lowest BCUT2D eigenvalue weighted by Crippen LogP contribution is -2.43. The van der Waals surface area contributed by atoms with Gasteiger partial charge in [-0.2, -0.15) is 0 Å². The van der Waals surface area contributed by atoms with Crippen LogP contribution in [0.3, 0.4) is 0 Å². The number of aromatic nitrogens is 1. The number of anilines is 1. The molecule has 1 aliphatic carbocycles. The fourth-order valence-electron chi connectivity index (χ4n) is 3.50.